The van der Waals surface area contributed by atoms with Crippen molar-refractivity contribution in [3.05, 3.63) is 48.0 Å². The molecule has 0 radical (unpaired) electrons. The molecule has 6 heteroatoms. The third-order valence-corrected chi connectivity index (χ3v) is 5.33. The summed E-state index contributed by atoms with van der Waals surface area (Å²) in [7, 11) is -4.38. The van der Waals surface area contributed by atoms with Crippen LogP contribution in [0.15, 0.2) is 47.4 Å². The molecule has 0 amide bonds. The Morgan fingerprint density at radius 2 is 1.56 bits per heavy atom. The Bertz CT molecular complexity index is 830. The molecule has 0 aromatic heterocycles. The predicted octanol–water partition coefficient (Wildman–Crippen LogP) is 5.72. The van der Waals surface area contributed by atoms with Gasteiger partial charge in [0.15, 0.2) is 0 Å². The number of para-hydroxylation sites is 1. The lowest BCUT2D eigenvalue weighted by Gasteiger charge is -2.13. The van der Waals surface area contributed by atoms with Gasteiger partial charge in [0.05, 0.1) is 0 Å². The van der Waals surface area contributed by atoms with Gasteiger partial charge in [-0.1, -0.05) is 57.6 Å². The lowest BCUT2D eigenvalue weighted by Crippen LogP contribution is -2.01. The van der Waals surface area contributed by atoms with Gasteiger partial charge >= 0.3 is 0 Å². The van der Waals surface area contributed by atoms with E-state index in [4.69, 9.17) is 4.74 Å². The summed E-state index contributed by atoms with van der Waals surface area (Å²) < 4.78 is 38.2. The van der Waals surface area contributed by atoms with Gasteiger partial charge in [0.2, 0.25) is 0 Å². The molecular weight excluding hydrogens is 364 g/mol. The predicted molar refractivity (Wildman–Crippen MR) is 106 cm³/mol. The van der Waals surface area contributed by atoms with Crippen LogP contribution in [-0.4, -0.2) is 18.1 Å². The summed E-state index contributed by atoms with van der Waals surface area (Å²) in [4.78, 5) is -0.278. The van der Waals surface area contributed by atoms with Crippen molar-refractivity contribution in [1.82, 2.24) is 0 Å². The number of aromatic hydroxyl groups is 1. The average Bonchev–Trinajstić information content (AvgIpc) is 2.62. The molecule has 2 rings (SSSR count). The van der Waals surface area contributed by atoms with E-state index in [9.17, 15) is 18.1 Å². The van der Waals surface area contributed by atoms with Gasteiger partial charge in [-0.05, 0) is 48.7 Å². The number of phenolic OH excluding ortho intramolecular Hbond substituents is 1. The monoisotopic (exact) mass is 392 g/mol. The van der Waals surface area contributed by atoms with E-state index >= 15 is 0 Å². The molecule has 0 atom stereocenters. The van der Waals surface area contributed by atoms with Crippen molar-refractivity contribution in [2.45, 2.75) is 63.2 Å². The van der Waals surface area contributed by atoms with Crippen molar-refractivity contribution in [2.75, 3.05) is 0 Å². The quantitative estimate of drug-likeness (QED) is 0.377. The summed E-state index contributed by atoms with van der Waals surface area (Å²) in [5, 5.41) is 9.80. The molecule has 2 N–H and O–H groups in total. The summed E-state index contributed by atoms with van der Waals surface area (Å²) in [6, 6.07) is 10.7. The fourth-order valence-corrected chi connectivity index (χ4v) is 3.61. The average molecular weight is 393 g/mol. The Labute approximate surface area is 161 Å². The number of rotatable bonds is 11. The summed E-state index contributed by atoms with van der Waals surface area (Å²) in [6.07, 6.45) is 8.98. The van der Waals surface area contributed by atoms with Crippen LogP contribution in [-0.2, 0) is 16.5 Å². The highest BCUT2D eigenvalue weighted by molar-refractivity contribution is 7.86. The van der Waals surface area contributed by atoms with Crippen molar-refractivity contribution in [2.24, 2.45) is 0 Å². The van der Waals surface area contributed by atoms with Gasteiger partial charge in [0.1, 0.15) is 22.1 Å². The second-order valence-corrected chi connectivity index (χ2v) is 8.08. The third kappa shape index (κ3) is 6.88. The van der Waals surface area contributed by atoms with Crippen LogP contribution < -0.4 is 4.74 Å². The van der Waals surface area contributed by atoms with Crippen molar-refractivity contribution < 1.29 is 22.8 Å². The van der Waals surface area contributed by atoms with Gasteiger partial charge in [-0.25, -0.2) is 0 Å². The fourth-order valence-electron chi connectivity index (χ4n) is 3.00. The maximum absolute atomic E-state index is 11.5. The van der Waals surface area contributed by atoms with Gasteiger partial charge in [-0.3, -0.25) is 4.55 Å². The number of phenols is 1. The normalized spacial score (nSPS) is 11.5. The van der Waals surface area contributed by atoms with E-state index in [0.717, 1.165) is 24.8 Å². The highest BCUT2D eigenvalue weighted by Crippen LogP contribution is 2.33. The lowest BCUT2D eigenvalue weighted by atomic mass is 10.0. The maximum atomic E-state index is 11.5. The van der Waals surface area contributed by atoms with Crippen LogP contribution in [0.25, 0.3) is 0 Å². The van der Waals surface area contributed by atoms with Gasteiger partial charge in [0, 0.05) is 0 Å². The Kier molecular flexibility index (Phi) is 8.13. The molecule has 0 heterocycles. The van der Waals surface area contributed by atoms with Gasteiger partial charge in [-0.2, -0.15) is 8.42 Å². The standard InChI is InChI=1S/C21H28O5S/c1-2-3-4-5-6-7-8-11-17-16-18(22)14-15-19(17)26-20-12-9-10-13-21(20)27(23,24)25/h9-10,12-16,22H,2-8,11H2,1H3,(H,23,24,25). The van der Waals surface area contributed by atoms with Crippen molar-refractivity contribution in [1.29, 1.82) is 0 Å². The number of benzene rings is 2. The molecule has 0 aliphatic heterocycles. The SMILES string of the molecule is CCCCCCCCCc1cc(O)ccc1Oc1ccccc1S(=O)(=O)O. The van der Waals surface area contributed by atoms with Gasteiger partial charge in [-0.15, -0.1) is 0 Å². The molecule has 0 aliphatic rings. The van der Waals surface area contributed by atoms with Crippen LogP contribution >= 0.6 is 0 Å². The Morgan fingerprint density at radius 1 is 0.889 bits per heavy atom. The Balaban J connectivity index is 2.06. The van der Waals surface area contributed by atoms with Gasteiger partial charge < -0.3 is 9.84 Å². The summed E-state index contributed by atoms with van der Waals surface area (Å²) in [5.74, 6) is 0.685. The van der Waals surface area contributed by atoms with Crippen molar-refractivity contribution in [3.63, 3.8) is 0 Å². The molecule has 0 saturated carbocycles. The molecule has 0 bridgehead atoms. The number of aryl methyl sites for hydroxylation is 1. The minimum atomic E-state index is -4.38. The maximum Gasteiger partial charge on any atom is 0.298 e. The number of unbranched alkanes of at least 4 members (excludes halogenated alkanes) is 6. The summed E-state index contributed by atoms with van der Waals surface area (Å²) in [5.41, 5.74) is 0.814. The number of hydrogen-bond donors (Lipinski definition) is 2. The molecular formula is C21H28O5S. The zero-order valence-corrected chi connectivity index (χ0v) is 16.5. The van der Waals surface area contributed by atoms with E-state index in [-0.39, 0.29) is 16.4 Å². The van der Waals surface area contributed by atoms with E-state index < -0.39 is 10.1 Å². The largest absolute Gasteiger partial charge is 0.508 e. The summed E-state index contributed by atoms with van der Waals surface area (Å²) in [6.45, 7) is 2.20. The highest BCUT2D eigenvalue weighted by atomic mass is 32.2. The van der Waals surface area contributed by atoms with E-state index in [1.807, 2.05) is 0 Å². The third-order valence-electron chi connectivity index (χ3n) is 4.44. The molecule has 0 fully saturated rings. The first-order chi connectivity index (χ1) is 12.9. The molecule has 2 aromatic rings. The first-order valence-corrected chi connectivity index (χ1v) is 10.9. The Hall–Kier alpha value is -2.05. The van der Waals surface area contributed by atoms with Crippen LogP contribution in [0.2, 0.25) is 0 Å². The zero-order valence-electron chi connectivity index (χ0n) is 15.7. The zero-order chi connectivity index (χ0) is 19.7. The van der Waals surface area contributed by atoms with Crippen molar-refractivity contribution in [3.8, 4) is 17.2 Å². The minimum Gasteiger partial charge on any atom is -0.508 e. The number of hydrogen-bond acceptors (Lipinski definition) is 4. The fraction of sp³-hybridized carbons (Fsp3) is 0.429. The van der Waals surface area contributed by atoms with E-state index in [1.165, 1.54) is 56.4 Å². The molecule has 2 aromatic carbocycles. The minimum absolute atomic E-state index is 0.0616. The molecule has 27 heavy (non-hydrogen) atoms. The highest BCUT2D eigenvalue weighted by Gasteiger charge is 2.17. The van der Waals surface area contributed by atoms with Crippen LogP contribution in [0.3, 0.4) is 0 Å². The van der Waals surface area contributed by atoms with Crippen LogP contribution in [0.1, 0.15) is 57.4 Å². The van der Waals surface area contributed by atoms with Crippen molar-refractivity contribution >= 4 is 10.1 Å². The summed E-state index contributed by atoms with van der Waals surface area (Å²) >= 11 is 0. The Morgan fingerprint density at radius 3 is 2.26 bits per heavy atom. The van der Waals surface area contributed by atoms with Crippen LogP contribution in [0.5, 0.6) is 17.2 Å². The molecule has 148 valence electrons. The van der Waals surface area contributed by atoms with Gasteiger partial charge in [0.25, 0.3) is 10.1 Å². The number of ether oxygens (including phenoxy) is 1. The molecule has 0 spiro atoms. The second-order valence-electron chi connectivity index (χ2n) is 6.69. The smallest absolute Gasteiger partial charge is 0.298 e. The van der Waals surface area contributed by atoms with Crippen LogP contribution in [0.4, 0.5) is 0 Å². The van der Waals surface area contributed by atoms with E-state index in [0.29, 0.717) is 5.75 Å². The molecule has 0 aliphatic carbocycles. The topological polar surface area (TPSA) is 83.8 Å². The molecule has 0 unspecified atom stereocenters. The van der Waals surface area contributed by atoms with E-state index in [1.54, 1.807) is 18.2 Å². The second kappa shape index (κ2) is 10.3. The first kappa shape index (κ1) is 21.3. The first-order valence-electron chi connectivity index (χ1n) is 9.48. The van der Waals surface area contributed by atoms with Crippen LogP contribution in [0, 0.1) is 0 Å². The van der Waals surface area contributed by atoms with E-state index in [2.05, 4.69) is 6.92 Å². The molecule has 0 saturated heterocycles. The molecule has 5 nitrogen and oxygen atoms in total. The lowest BCUT2D eigenvalue weighted by molar-refractivity contribution is 0.440.